The first-order valence-electron chi connectivity index (χ1n) is 5.20. The number of Topliss-reactive ketones (excluding diaryl/α,β-unsaturated/α-hetero) is 1. The van der Waals surface area contributed by atoms with Crippen LogP contribution in [0.15, 0.2) is 5.51 Å². The van der Waals surface area contributed by atoms with Gasteiger partial charge in [-0.3, -0.25) is 4.79 Å². The molecule has 0 radical (unpaired) electrons. The van der Waals surface area contributed by atoms with Gasteiger partial charge >= 0.3 is 6.09 Å². The highest BCUT2D eigenvalue weighted by molar-refractivity contribution is 7.12. The van der Waals surface area contributed by atoms with Crippen LogP contribution in [0.3, 0.4) is 0 Å². The molecule has 17 heavy (non-hydrogen) atoms. The van der Waals surface area contributed by atoms with E-state index in [0.717, 1.165) is 0 Å². The van der Waals surface area contributed by atoms with Crippen molar-refractivity contribution >= 4 is 23.2 Å². The fourth-order valence-corrected chi connectivity index (χ4v) is 1.86. The molecule has 1 aromatic heterocycles. The van der Waals surface area contributed by atoms with Crippen molar-refractivity contribution in [2.45, 2.75) is 33.3 Å². The molecule has 6 heteroatoms. The summed E-state index contributed by atoms with van der Waals surface area (Å²) in [6.45, 7) is 6.99. The summed E-state index contributed by atoms with van der Waals surface area (Å²) in [6.07, 6.45) is -0.590. The summed E-state index contributed by atoms with van der Waals surface area (Å²) in [7, 11) is 0. The van der Waals surface area contributed by atoms with Crippen LogP contribution in [0, 0.1) is 6.92 Å². The summed E-state index contributed by atoms with van der Waals surface area (Å²) >= 11 is 1.27. The summed E-state index contributed by atoms with van der Waals surface area (Å²) in [5.41, 5.74) is 1.73. The highest BCUT2D eigenvalue weighted by Crippen LogP contribution is 2.12. The Balaban J connectivity index is 2.45. The molecule has 0 fully saturated rings. The minimum absolute atomic E-state index is 0.0715. The van der Waals surface area contributed by atoms with E-state index in [1.807, 2.05) is 0 Å². The van der Waals surface area contributed by atoms with Crippen molar-refractivity contribution in [2.75, 3.05) is 6.54 Å². The minimum atomic E-state index is -0.590. The lowest BCUT2D eigenvalue weighted by Gasteiger charge is -2.19. The molecule has 0 aliphatic carbocycles. The maximum Gasteiger partial charge on any atom is 0.408 e. The van der Waals surface area contributed by atoms with E-state index in [4.69, 9.17) is 4.74 Å². The van der Waals surface area contributed by atoms with Crippen LogP contribution < -0.4 is 5.32 Å². The Hall–Kier alpha value is -1.43. The van der Waals surface area contributed by atoms with Crippen molar-refractivity contribution in [3.8, 4) is 0 Å². The molecule has 94 valence electrons. The van der Waals surface area contributed by atoms with Gasteiger partial charge < -0.3 is 10.1 Å². The van der Waals surface area contributed by atoms with E-state index in [1.54, 1.807) is 33.2 Å². The van der Waals surface area contributed by atoms with Gasteiger partial charge in [0.2, 0.25) is 0 Å². The third-order valence-electron chi connectivity index (χ3n) is 1.79. The second-order valence-corrected chi connectivity index (χ2v) is 5.40. The van der Waals surface area contributed by atoms with Gasteiger partial charge in [-0.05, 0) is 27.7 Å². The van der Waals surface area contributed by atoms with Crippen LogP contribution in [-0.2, 0) is 4.74 Å². The fraction of sp³-hybridized carbons (Fsp3) is 0.545. The first kappa shape index (κ1) is 13.6. The lowest BCUT2D eigenvalue weighted by Crippen LogP contribution is -2.35. The van der Waals surface area contributed by atoms with Gasteiger partial charge in [0.05, 0.1) is 22.6 Å². The van der Waals surface area contributed by atoms with Crippen molar-refractivity contribution < 1.29 is 14.3 Å². The molecule has 0 aliphatic rings. The monoisotopic (exact) mass is 256 g/mol. The minimum Gasteiger partial charge on any atom is -0.444 e. The molecule has 1 aromatic rings. The first-order chi connectivity index (χ1) is 7.79. The number of rotatable bonds is 3. The first-order valence-corrected chi connectivity index (χ1v) is 6.07. The smallest absolute Gasteiger partial charge is 0.408 e. The standard InChI is InChI=1S/C11H16N2O3S/c1-7-9(17-6-13-7)8(14)5-12-10(15)16-11(2,3)4/h6H,5H2,1-4H3,(H,12,15). The number of aromatic nitrogens is 1. The molecule has 1 N–H and O–H groups in total. The number of ketones is 1. The summed E-state index contributed by atoms with van der Waals surface area (Å²) in [4.78, 5) is 27.6. The molecule has 1 rings (SSSR count). The topological polar surface area (TPSA) is 68.3 Å². The van der Waals surface area contributed by atoms with E-state index >= 15 is 0 Å². The molecule has 1 heterocycles. The normalized spacial score (nSPS) is 11.1. The Morgan fingerprint density at radius 3 is 2.59 bits per heavy atom. The highest BCUT2D eigenvalue weighted by Gasteiger charge is 2.18. The lowest BCUT2D eigenvalue weighted by molar-refractivity contribution is 0.0520. The Morgan fingerprint density at radius 1 is 1.47 bits per heavy atom. The van der Waals surface area contributed by atoms with Crippen LogP contribution in [0.4, 0.5) is 4.79 Å². The highest BCUT2D eigenvalue weighted by atomic mass is 32.1. The van der Waals surface area contributed by atoms with Crippen LogP contribution in [0.2, 0.25) is 0 Å². The lowest BCUT2D eigenvalue weighted by atomic mass is 10.2. The number of carbonyl (C=O) groups is 2. The number of alkyl carbamates (subject to hydrolysis) is 1. The van der Waals surface area contributed by atoms with Crippen LogP contribution >= 0.6 is 11.3 Å². The molecule has 0 aromatic carbocycles. The maximum absolute atomic E-state index is 11.7. The number of hydrogen-bond acceptors (Lipinski definition) is 5. The molecule has 0 saturated heterocycles. The van der Waals surface area contributed by atoms with Gasteiger partial charge in [0.15, 0.2) is 5.78 Å². The summed E-state index contributed by atoms with van der Waals surface area (Å²) < 4.78 is 5.02. The van der Waals surface area contributed by atoms with Crippen LogP contribution in [0.5, 0.6) is 0 Å². The molecule has 0 atom stereocenters. The average Bonchev–Trinajstić information content (AvgIpc) is 2.58. The number of ether oxygens (including phenoxy) is 1. The molecular formula is C11H16N2O3S. The fourth-order valence-electron chi connectivity index (χ4n) is 1.12. The number of nitrogens with one attached hydrogen (secondary N) is 1. The van der Waals surface area contributed by atoms with Gasteiger partial charge in [-0.25, -0.2) is 9.78 Å². The van der Waals surface area contributed by atoms with E-state index in [0.29, 0.717) is 10.6 Å². The van der Waals surface area contributed by atoms with Crippen molar-refractivity contribution in [2.24, 2.45) is 0 Å². The van der Waals surface area contributed by atoms with Crippen molar-refractivity contribution in [3.63, 3.8) is 0 Å². The van der Waals surface area contributed by atoms with Crippen LogP contribution in [0.1, 0.15) is 36.1 Å². The summed E-state index contributed by atoms with van der Waals surface area (Å²) in [5, 5.41) is 2.42. The molecule has 0 aliphatic heterocycles. The van der Waals surface area contributed by atoms with E-state index in [9.17, 15) is 9.59 Å². The largest absolute Gasteiger partial charge is 0.444 e. The molecular weight excluding hydrogens is 240 g/mol. The Bertz CT molecular complexity index is 421. The second kappa shape index (κ2) is 5.27. The quantitative estimate of drug-likeness (QED) is 0.841. The van der Waals surface area contributed by atoms with Crippen molar-refractivity contribution in [1.82, 2.24) is 10.3 Å². The predicted molar refractivity (Wildman–Crippen MR) is 65.4 cm³/mol. The van der Waals surface area contributed by atoms with E-state index < -0.39 is 11.7 Å². The van der Waals surface area contributed by atoms with Crippen LogP contribution in [0.25, 0.3) is 0 Å². The van der Waals surface area contributed by atoms with E-state index in [1.165, 1.54) is 11.3 Å². The van der Waals surface area contributed by atoms with Gasteiger partial charge in [-0.1, -0.05) is 0 Å². The summed E-state index contributed by atoms with van der Waals surface area (Å²) in [5.74, 6) is -0.157. The maximum atomic E-state index is 11.7. The third kappa shape index (κ3) is 4.52. The number of thiazole rings is 1. The Kier molecular flexibility index (Phi) is 4.22. The van der Waals surface area contributed by atoms with Gasteiger partial charge in [-0.15, -0.1) is 11.3 Å². The molecule has 5 nitrogen and oxygen atoms in total. The SMILES string of the molecule is Cc1ncsc1C(=O)CNC(=O)OC(C)(C)C. The number of aryl methyl sites for hydroxylation is 1. The predicted octanol–water partition coefficient (Wildman–Crippen LogP) is 2.16. The number of hydrogen-bond donors (Lipinski definition) is 1. The Morgan fingerprint density at radius 2 is 2.12 bits per heavy atom. The van der Waals surface area contributed by atoms with Crippen molar-refractivity contribution in [3.05, 3.63) is 16.1 Å². The molecule has 0 saturated carbocycles. The Labute approximate surface area is 104 Å². The molecule has 1 amide bonds. The summed E-state index contributed by atoms with van der Waals surface area (Å²) in [6, 6.07) is 0. The van der Waals surface area contributed by atoms with E-state index in [-0.39, 0.29) is 12.3 Å². The number of nitrogens with zero attached hydrogens (tertiary/aromatic N) is 1. The zero-order valence-electron chi connectivity index (χ0n) is 10.4. The van der Waals surface area contributed by atoms with Crippen molar-refractivity contribution in [1.29, 1.82) is 0 Å². The van der Waals surface area contributed by atoms with E-state index in [2.05, 4.69) is 10.3 Å². The number of amides is 1. The van der Waals surface area contributed by atoms with Gasteiger partial charge in [0.25, 0.3) is 0 Å². The third-order valence-corrected chi connectivity index (χ3v) is 2.76. The second-order valence-electron chi connectivity index (χ2n) is 4.55. The molecule has 0 bridgehead atoms. The molecule has 0 spiro atoms. The number of carbonyl (C=O) groups excluding carboxylic acids is 2. The van der Waals surface area contributed by atoms with Gasteiger partial charge in [0, 0.05) is 0 Å². The zero-order valence-corrected chi connectivity index (χ0v) is 11.2. The average molecular weight is 256 g/mol. The zero-order chi connectivity index (χ0) is 13.1. The molecule has 0 unspecified atom stereocenters. The van der Waals surface area contributed by atoms with Gasteiger partial charge in [0.1, 0.15) is 5.60 Å². The van der Waals surface area contributed by atoms with Gasteiger partial charge in [-0.2, -0.15) is 0 Å². The van der Waals surface area contributed by atoms with Crippen LogP contribution in [-0.4, -0.2) is 29.0 Å².